The molecule has 1 nitrogen and oxygen atoms in total. The number of halogens is 1. The fourth-order valence-corrected chi connectivity index (χ4v) is 0.385. The Kier molecular flexibility index (Phi) is 6.53. The second-order valence-electron chi connectivity index (χ2n) is 1.24. The van der Waals surface area contributed by atoms with Gasteiger partial charge in [-0.15, -0.1) is 0 Å². The molecular formula is C7H7ClO. The zero-order chi connectivity index (χ0) is 6.95. The molecule has 0 fully saturated rings. The van der Waals surface area contributed by atoms with Gasteiger partial charge in [0.15, 0.2) is 0 Å². The lowest BCUT2D eigenvalue weighted by molar-refractivity contribution is 0.569. The standard InChI is InChI=1S/C6H6.CHClO/c1-2-4-6-5-3-1;2-1-3/h1-6H;1H. The predicted molar refractivity (Wildman–Crippen MR) is 39.0 cm³/mol. The van der Waals surface area contributed by atoms with E-state index in [-0.39, 0.29) is 5.75 Å². The molecule has 1 rings (SSSR count). The van der Waals surface area contributed by atoms with Gasteiger partial charge in [-0.25, -0.2) is 0 Å². The lowest BCUT2D eigenvalue weighted by atomic mass is 10.4. The van der Waals surface area contributed by atoms with Gasteiger partial charge in [-0.05, 0) is 11.6 Å². The van der Waals surface area contributed by atoms with Crippen LogP contribution in [0.25, 0.3) is 0 Å². The Hall–Kier alpha value is -0.820. The topological polar surface area (TPSA) is 17.1 Å². The molecule has 0 amide bonds. The smallest absolute Gasteiger partial charge is 0.208 e. The summed E-state index contributed by atoms with van der Waals surface area (Å²) in [7, 11) is 0. The number of hydrogen-bond acceptors (Lipinski definition) is 1. The summed E-state index contributed by atoms with van der Waals surface area (Å²) in [4.78, 5) is 8.57. The molecule has 0 aliphatic rings. The van der Waals surface area contributed by atoms with Gasteiger partial charge in [0.1, 0.15) is 0 Å². The van der Waals surface area contributed by atoms with Crippen LogP contribution in [0.5, 0.6) is 0 Å². The van der Waals surface area contributed by atoms with Crippen molar-refractivity contribution >= 4 is 17.3 Å². The Bertz CT molecular complexity index is 112. The van der Waals surface area contributed by atoms with Gasteiger partial charge in [-0.1, -0.05) is 36.4 Å². The van der Waals surface area contributed by atoms with Crippen molar-refractivity contribution in [1.29, 1.82) is 0 Å². The van der Waals surface area contributed by atoms with Gasteiger partial charge >= 0.3 is 0 Å². The van der Waals surface area contributed by atoms with E-state index in [4.69, 9.17) is 4.79 Å². The fraction of sp³-hybridized carbons (Fsp3) is 0. The van der Waals surface area contributed by atoms with E-state index in [9.17, 15) is 0 Å². The highest BCUT2D eigenvalue weighted by Crippen LogP contribution is 1.79. The van der Waals surface area contributed by atoms with Crippen LogP contribution in [0, 0.1) is 0 Å². The van der Waals surface area contributed by atoms with Crippen LogP contribution in [0.4, 0.5) is 0 Å². The van der Waals surface area contributed by atoms with Gasteiger partial charge in [0, 0.05) is 0 Å². The quantitative estimate of drug-likeness (QED) is 0.401. The minimum atomic E-state index is 0.222. The highest BCUT2D eigenvalue weighted by Gasteiger charge is 1.57. The van der Waals surface area contributed by atoms with E-state index in [2.05, 4.69) is 11.6 Å². The van der Waals surface area contributed by atoms with Crippen molar-refractivity contribution in [3.8, 4) is 0 Å². The summed E-state index contributed by atoms with van der Waals surface area (Å²) >= 11 is 4.32. The molecule has 1 aromatic rings. The third-order valence-electron chi connectivity index (χ3n) is 0.667. The molecule has 0 saturated carbocycles. The summed E-state index contributed by atoms with van der Waals surface area (Å²) in [6.45, 7) is 0. The molecule has 1 aromatic carbocycles. The van der Waals surface area contributed by atoms with E-state index in [1.165, 1.54) is 0 Å². The van der Waals surface area contributed by atoms with Crippen LogP contribution in [-0.4, -0.2) is 5.75 Å². The van der Waals surface area contributed by atoms with E-state index in [0.717, 1.165) is 0 Å². The van der Waals surface area contributed by atoms with E-state index in [1.807, 2.05) is 36.4 Å². The highest BCUT2D eigenvalue weighted by molar-refractivity contribution is 6.54. The van der Waals surface area contributed by atoms with Crippen LogP contribution in [0.3, 0.4) is 0 Å². The molecule has 0 aromatic heterocycles. The van der Waals surface area contributed by atoms with Crippen molar-refractivity contribution in [2.24, 2.45) is 0 Å². The van der Waals surface area contributed by atoms with Crippen LogP contribution in [0.15, 0.2) is 36.4 Å². The van der Waals surface area contributed by atoms with Gasteiger partial charge in [0.2, 0.25) is 5.75 Å². The van der Waals surface area contributed by atoms with Crippen LogP contribution in [0.1, 0.15) is 0 Å². The zero-order valence-corrected chi connectivity index (χ0v) is 5.58. The zero-order valence-electron chi connectivity index (χ0n) is 4.83. The second kappa shape index (κ2) is 7.18. The molecule has 0 aliphatic carbocycles. The normalized spacial score (nSPS) is 6.78. The maximum absolute atomic E-state index is 8.57. The average Bonchev–Trinajstić information content (AvgIpc) is 1.93. The first-order valence-electron chi connectivity index (χ1n) is 2.45. The van der Waals surface area contributed by atoms with Gasteiger partial charge < -0.3 is 0 Å². The number of hydrogen-bond donors (Lipinski definition) is 0. The van der Waals surface area contributed by atoms with Crippen molar-refractivity contribution < 1.29 is 4.79 Å². The van der Waals surface area contributed by atoms with Gasteiger partial charge in [0.05, 0.1) is 0 Å². The Morgan fingerprint density at radius 1 is 0.889 bits per heavy atom. The van der Waals surface area contributed by atoms with Gasteiger partial charge in [-0.2, -0.15) is 0 Å². The fourth-order valence-electron chi connectivity index (χ4n) is 0.385. The lowest BCUT2D eigenvalue weighted by Gasteiger charge is -1.69. The summed E-state index contributed by atoms with van der Waals surface area (Å²) < 4.78 is 0. The molecule has 0 atom stereocenters. The third kappa shape index (κ3) is 7.18. The lowest BCUT2D eigenvalue weighted by Crippen LogP contribution is -1.47. The SMILES string of the molecule is O=CCl.c1ccccc1. The third-order valence-corrected chi connectivity index (χ3v) is 0.667. The maximum atomic E-state index is 8.57. The number of carbonyl (C=O) groups excluding carboxylic acids is 1. The molecule has 0 aliphatic heterocycles. The Morgan fingerprint density at radius 2 is 1.00 bits per heavy atom. The molecule has 0 N–H and O–H groups in total. The predicted octanol–water partition coefficient (Wildman–Crippen LogP) is 2.10. The Morgan fingerprint density at radius 3 is 1.11 bits per heavy atom. The summed E-state index contributed by atoms with van der Waals surface area (Å²) in [6.07, 6.45) is 0. The molecule has 0 bridgehead atoms. The van der Waals surface area contributed by atoms with Crippen LogP contribution < -0.4 is 0 Å². The maximum Gasteiger partial charge on any atom is 0.208 e. The van der Waals surface area contributed by atoms with Crippen molar-refractivity contribution in [2.45, 2.75) is 0 Å². The largest absolute Gasteiger partial charge is 0.285 e. The van der Waals surface area contributed by atoms with E-state index in [1.54, 1.807) is 0 Å². The first-order chi connectivity index (χ1) is 4.41. The molecule has 0 unspecified atom stereocenters. The molecule has 0 radical (unpaired) electrons. The van der Waals surface area contributed by atoms with Gasteiger partial charge in [-0.3, -0.25) is 4.79 Å². The second-order valence-corrected chi connectivity index (χ2v) is 1.42. The first kappa shape index (κ1) is 8.18. The van der Waals surface area contributed by atoms with E-state index < -0.39 is 0 Å². The van der Waals surface area contributed by atoms with Gasteiger partial charge in [0.25, 0.3) is 0 Å². The monoisotopic (exact) mass is 142 g/mol. The summed E-state index contributed by atoms with van der Waals surface area (Å²) in [5.41, 5.74) is 0. The molecule has 9 heavy (non-hydrogen) atoms. The summed E-state index contributed by atoms with van der Waals surface area (Å²) in [5, 5.41) is 0. The van der Waals surface area contributed by atoms with Crippen molar-refractivity contribution in [3.05, 3.63) is 36.4 Å². The van der Waals surface area contributed by atoms with Crippen LogP contribution in [0.2, 0.25) is 0 Å². The molecule has 0 heterocycles. The number of benzene rings is 1. The summed E-state index contributed by atoms with van der Waals surface area (Å²) in [6, 6.07) is 12.0. The summed E-state index contributed by atoms with van der Waals surface area (Å²) in [5.74, 6) is 0.222. The first-order valence-corrected chi connectivity index (χ1v) is 2.89. The Labute approximate surface area is 59.3 Å². The minimum absolute atomic E-state index is 0.222. The average molecular weight is 143 g/mol. The minimum Gasteiger partial charge on any atom is -0.285 e. The Balaban J connectivity index is 0.000000187. The number of rotatable bonds is 0. The van der Waals surface area contributed by atoms with E-state index in [0.29, 0.717) is 0 Å². The highest BCUT2D eigenvalue weighted by atomic mass is 35.5. The van der Waals surface area contributed by atoms with Crippen molar-refractivity contribution in [2.75, 3.05) is 0 Å². The molecule has 0 saturated heterocycles. The van der Waals surface area contributed by atoms with Crippen LogP contribution >= 0.6 is 11.6 Å². The molecule has 48 valence electrons. The number of carbonyl (C=O) groups is 1. The van der Waals surface area contributed by atoms with Crippen LogP contribution in [-0.2, 0) is 4.79 Å². The molecular weight excluding hydrogens is 136 g/mol. The molecule has 0 spiro atoms. The van der Waals surface area contributed by atoms with E-state index >= 15 is 0 Å². The van der Waals surface area contributed by atoms with Crippen molar-refractivity contribution in [3.63, 3.8) is 0 Å². The molecule has 2 heteroatoms. The van der Waals surface area contributed by atoms with Crippen molar-refractivity contribution in [1.82, 2.24) is 0 Å².